The molecule has 2 aliphatic heterocycles. The third-order valence-corrected chi connectivity index (χ3v) is 8.63. The zero-order valence-corrected chi connectivity index (χ0v) is 21.8. The van der Waals surface area contributed by atoms with Crippen LogP contribution in [-0.2, 0) is 4.79 Å². The highest BCUT2D eigenvalue weighted by Gasteiger charge is 2.42. The normalized spacial score (nSPS) is 23.1. The second kappa shape index (κ2) is 11.1. The van der Waals surface area contributed by atoms with Gasteiger partial charge >= 0.3 is 0 Å². The number of amides is 2. The molecule has 1 aliphatic carbocycles. The van der Waals surface area contributed by atoms with Crippen molar-refractivity contribution in [3.05, 3.63) is 65.0 Å². The molecule has 36 heavy (non-hydrogen) atoms. The standard InChI is InChI=1S/C30H40N4O2/c1-21-12-14-31-22(2)29(21)30(36)34-19-25-17-33(18-26(25)20-34)15-13-27(24-10-4-3-5-11-24)32-28(35)16-23-8-6-7-9-23/h3-5,10-12,14,23,25-27H,6-9,13,15-20H2,1-2H3,(H,32,35). The van der Waals surface area contributed by atoms with Crippen molar-refractivity contribution in [2.75, 3.05) is 32.7 Å². The predicted molar refractivity (Wildman–Crippen MR) is 142 cm³/mol. The third-order valence-electron chi connectivity index (χ3n) is 8.63. The van der Waals surface area contributed by atoms with E-state index in [9.17, 15) is 9.59 Å². The van der Waals surface area contributed by atoms with Crippen molar-refractivity contribution in [3.8, 4) is 0 Å². The number of fused-ring (bicyclic) bond motifs is 1. The van der Waals surface area contributed by atoms with Crippen LogP contribution in [0.15, 0.2) is 42.6 Å². The number of aryl methyl sites for hydroxylation is 2. The van der Waals surface area contributed by atoms with E-state index in [0.29, 0.717) is 24.2 Å². The van der Waals surface area contributed by atoms with Crippen LogP contribution >= 0.6 is 0 Å². The average molecular weight is 489 g/mol. The first-order valence-corrected chi connectivity index (χ1v) is 13.8. The highest BCUT2D eigenvalue weighted by atomic mass is 16.2. The monoisotopic (exact) mass is 488 g/mol. The molecule has 3 fully saturated rings. The van der Waals surface area contributed by atoms with E-state index < -0.39 is 0 Å². The van der Waals surface area contributed by atoms with E-state index in [-0.39, 0.29) is 17.9 Å². The Bertz CT molecular complexity index is 1030. The van der Waals surface area contributed by atoms with Gasteiger partial charge in [-0.1, -0.05) is 43.2 Å². The molecule has 1 aromatic carbocycles. The Morgan fingerprint density at radius 1 is 1.00 bits per heavy atom. The molecular formula is C30H40N4O2. The van der Waals surface area contributed by atoms with Crippen LogP contribution in [0.25, 0.3) is 0 Å². The summed E-state index contributed by atoms with van der Waals surface area (Å²) in [6, 6.07) is 12.4. The van der Waals surface area contributed by atoms with E-state index in [4.69, 9.17) is 0 Å². The number of hydrogen-bond acceptors (Lipinski definition) is 4. The molecule has 0 radical (unpaired) electrons. The van der Waals surface area contributed by atoms with Gasteiger partial charge in [0.15, 0.2) is 0 Å². The van der Waals surface area contributed by atoms with Crippen LogP contribution in [0.3, 0.4) is 0 Å². The summed E-state index contributed by atoms with van der Waals surface area (Å²) in [6.45, 7) is 8.59. The number of nitrogens with one attached hydrogen (secondary N) is 1. The van der Waals surface area contributed by atoms with Gasteiger partial charge in [0, 0.05) is 45.3 Å². The summed E-state index contributed by atoms with van der Waals surface area (Å²) in [5.41, 5.74) is 3.79. The highest BCUT2D eigenvalue weighted by Crippen LogP contribution is 2.33. The quantitative estimate of drug-likeness (QED) is 0.593. The van der Waals surface area contributed by atoms with Crippen molar-refractivity contribution in [3.63, 3.8) is 0 Å². The Hall–Kier alpha value is -2.73. The molecule has 6 nitrogen and oxygen atoms in total. The summed E-state index contributed by atoms with van der Waals surface area (Å²) in [6.07, 6.45) is 8.27. The van der Waals surface area contributed by atoms with E-state index in [2.05, 4.69) is 39.5 Å². The van der Waals surface area contributed by atoms with Crippen LogP contribution in [-0.4, -0.2) is 59.3 Å². The fourth-order valence-electron chi connectivity index (χ4n) is 6.66. The number of benzene rings is 1. The van der Waals surface area contributed by atoms with Gasteiger partial charge in [0.05, 0.1) is 17.3 Å². The minimum atomic E-state index is 0.0511. The number of hydrogen-bond donors (Lipinski definition) is 1. The van der Waals surface area contributed by atoms with Crippen molar-refractivity contribution < 1.29 is 9.59 Å². The molecule has 1 aromatic heterocycles. The van der Waals surface area contributed by atoms with E-state index in [1.807, 2.05) is 30.9 Å². The Kier molecular flexibility index (Phi) is 7.70. The zero-order chi connectivity index (χ0) is 25.1. The molecule has 2 amide bonds. The fraction of sp³-hybridized carbons (Fsp3) is 0.567. The van der Waals surface area contributed by atoms with E-state index in [1.54, 1.807) is 6.20 Å². The number of pyridine rings is 1. The Morgan fingerprint density at radius 3 is 2.36 bits per heavy atom. The maximum atomic E-state index is 13.2. The van der Waals surface area contributed by atoms with Gasteiger partial charge in [-0.15, -0.1) is 0 Å². The number of carbonyl (C=O) groups is 2. The van der Waals surface area contributed by atoms with E-state index in [0.717, 1.165) is 56.0 Å². The molecule has 2 aromatic rings. The third kappa shape index (κ3) is 5.64. The SMILES string of the molecule is Cc1ccnc(C)c1C(=O)N1CC2CN(CCC(NC(=O)CC3CCCC3)c3ccccc3)CC2C1. The number of aromatic nitrogens is 1. The molecule has 1 saturated carbocycles. The molecule has 3 atom stereocenters. The summed E-state index contributed by atoms with van der Waals surface area (Å²) in [5, 5.41) is 3.36. The molecular weight excluding hydrogens is 448 g/mol. The molecule has 2 saturated heterocycles. The fourth-order valence-corrected chi connectivity index (χ4v) is 6.66. The average Bonchev–Trinajstić information content (AvgIpc) is 3.59. The molecule has 0 bridgehead atoms. The van der Waals surface area contributed by atoms with Crippen LogP contribution < -0.4 is 5.32 Å². The zero-order valence-electron chi connectivity index (χ0n) is 21.8. The van der Waals surface area contributed by atoms with Crippen LogP contribution in [0.4, 0.5) is 0 Å². The first kappa shape index (κ1) is 24.9. The van der Waals surface area contributed by atoms with Gasteiger partial charge in [0.2, 0.25) is 5.91 Å². The second-order valence-electron chi connectivity index (χ2n) is 11.3. The molecule has 0 spiro atoms. The van der Waals surface area contributed by atoms with Crippen molar-refractivity contribution in [1.29, 1.82) is 0 Å². The van der Waals surface area contributed by atoms with Gasteiger partial charge in [-0.05, 0) is 68.1 Å². The molecule has 3 unspecified atom stereocenters. The molecule has 3 heterocycles. The van der Waals surface area contributed by atoms with E-state index in [1.165, 1.54) is 31.2 Å². The minimum absolute atomic E-state index is 0.0511. The maximum absolute atomic E-state index is 13.2. The number of rotatable bonds is 8. The van der Waals surface area contributed by atoms with Crippen molar-refractivity contribution in [2.24, 2.45) is 17.8 Å². The summed E-state index contributed by atoms with van der Waals surface area (Å²) in [5.74, 6) is 1.94. The Labute approximate surface area is 215 Å². The second-order valence-corrected chi connectivity index (χ2v) is 11.3. The lowest BCUT2D eigenvalue weighted by Gasteiger charge is -2.25. The Morgan fingerprint density at radius 2 is 1.69 bits per heavy atom. The number of likely N-dealkylation sites (tertiary alicyclic amines) is 2. The first-order valence-electron chi connectivity index (χ1n) is 13.8. The lowest BCUT2D eigenvalue weighted by molar-refractivity contribution is -0.122. The molecule has 5 rings (SSSR count). The maximum Gasteiger partial charge on any atom is 0.255 e. The van der Waals surface area contributed by atoms with Gasteiger partial charge < -0.3 is 15.1 Å². The number of carbonyl (C=O) groups excluding carboxylic acids is 2. The van der Waals surface area contributed by atoms with Crippen LogP contribution in [0.1, 0.15) is 71.7 Å². The summed E-state index contributed by atoms with van der Waals surface area (Å²) >= 11 is 0. The minimum Gasteiger partial charge on any atom is -0.349 e. The smallest absolute Gasteiger partial charge is 0.255 e. The van der Waals surface area contributed by atoms with Gasteiger partial charge in [-0.2, -0.15) is 0 Å². The Balaban J connectivity index is 1.15. The van der Waals surface area contributed by atoms with Gasteiger partial charge in [-0.3, -0.25) is 14.6 Å². The molecule has 6 heteroatoms. The van der Waals surface area contributed by atoms with Gasteiger partial charge in [0.25, 0.3) is 5.91 Å². The van der Waals surface area contributed by atoms with Gasteiger partial charge in [0.1, 0.15) is 0 Å². The van der Waals surface area contributed by atoms with Crippen LogP contribution in [0, 0.1) is 31.6 Å². The summed E-state index contributed by atoms with van der Waals surface area (Å²) in [7, 11) is 0. The lowest BCUT2D eigenvalue weighted by atomic mass is 10.0. The van der Waals surface area contributed by atoms with Crippen LogP contribution in [0.2, 0.25) is 0 Å². The largest absolute Gasteiger partial charge is 0.349 e. The highest BCUT2D eigenvalue weighted by molar-refractivity contribution is 5.96. The molecule has 1 N–H and O–H groups in total. The predicted octanol–water partition coefficient (Wildman–Crippen LogP) is 4.53. The van der Waals surface area contributed by atoms with Crippen LogP contribution in [0.5, 0.6) is 0 Å². The first-order chi connectivity index (χ1) is 17.5. The summed E-state index contributed by atoms with van der Waals surface area (Å²) < 4.78 is 0. The topological polar surface area (TPSA) is 65.5 Å². The van der Waals surface area contributed by atoms with Crippen molar-refractivity contribution in [1.82, 2.24) is 20.1 Å². The van der Waals surface area contributed by atoms with Crippen molar-refractivity contribution in [2.45, 2.75) is 58.4 Å². The summed E-state index contributed by atoms with van der Waals surface area (Å²) in [4.78, 5) is 35.0. The van der Waals surface area contributed by atoms with Gasteiger partial charge in [-0.25, -0.2) is 0 Å². The molecule has 192 valence electrons. The molecule has 3 aliphatic rings. The number of nitrogens with zero attached hydrogens (tertiary/aromatic N) is 3. The van der Waals surface area contributed by atoms with E-state index >= 15 is 0 Å². The van der Waals surface area contributed by atoms with Crippen molar-refractivity contribution >= 4 is 11.8 Å². The lowest BCUT2D eigenvalue weighted by Crippen LogP contribution is -2.36.